The minimum absolute atomic E-state index is 0.398. The van der Waals surface area contributed by atoms with Crippen molar-refractivity contribution in [2.45, 2.75) is 34.1 Å². The van der Waals surface area contributed by atoms with Crippen molar-refractivity contribution >= 4 is 5.71 Å². The Kier molecular flexibility index (Phi) is 8.33. The lowest BCUT2D eigenvalue weighted by atomic mass is 10.0. The molecule has 0 radical (unpaired) electrons. The minimum Gasteiger partial charge on any atom is -0.305 e. The van der Waals surface area contributed by atoms with E-state index < -0.39 is 0 Å². The van der Waals surface area contributed by atoms with Gasteiger partial charge in [0.25, 0.3) is 0 Å². The van der Waals surface area contributed by atoms with Crippen LogP contribution in [0.15, 0.2) is 52.2 Å². The van der Waals surface area contributed by atoms with Gasteiger partial charge in [0.2, 0.25) is 0 Å². The lowest BCUT2D eigenvalue weighted by Gasteiger charge is -2.32. The average Bonchev–Trinajstić information content (AvgIpc) is 3.10. The summed E-state index contributed by atoms with van der Waals surface area (Å²) >= 11 is 0. The van der Waals surface area contributed by atoms with Gasteiger partial charge in [0.15, 0.2) is 0 Å². The van der Waals surface area contributed by atoms with Crippen LogP contribution in [-0.2, 0) is 0 Å². The van der Waals surface area contributed by atoms with E-state index in [1.807, 2.05) is 0 Å². The second-order valence-corrected chi connectivity index (χ2v) is 7.67. The standard InChI is InChI=1S/C22H36N4/c1-6-20(17-26-14-12-25(5)13-15-26)9-7-8-19(4)10-11-22-21(18(2)3)16-23-24-22/h7-11,19,23H,6,12-17H2,1-5H3/b8-7-,11-10+,20-9+. The van der Waals surface area contributed by atoms with E-state index in [4.69, 9.17) is 0 Å². The maximum atomic E-state index is 4.38. The molecule has 0 bridgehead atoms. The van der Waals surface area contributed by atoms with Crippen molar-refractivity contribution in [1.82, 2.24) is 15.2 Å². The smallest absolute Gasteiger partial charge is 0.0876 e. The number of hydrogen-bond donors (Lipinski definition) is 1. The van der Waals surface area contributed by atoms with Crippen LogP contribution in [0.1, 0.15) is 34.1 Å². The van der Waals surface area contributed by atoms with Crippen molar-refractivity contribution in [2.75, 3.05) is 46.3 Å². The van der Waals surface area contributed by atoms with E-state index in [1.54, 1.807) is 0 Å². The molecule has 1 unspecified atom stereocenters. The van der Waals surface area contributed by atoms with E-state index in [-0.39, 0.29) is 0 Å². The Bertz CT molecular complexity index is 598. The molecular formula is C22H36N4. The molecule has 0 saturated carbocycles. The number of nitrogens with zero attached hydrogens (tertiary/aromatic N) is 3. The third-order valence-corrected chi connectivity index (χ3v) is 5.15. The lowest BCUT2D eigenvalue weighted by Crippen LogP contribution is -2.44. The number of nitrogens with one attached hydrogen (secondary N) is 1. The first-order valence-electron chi connectivity index (χ1n) is 9.92. The second-order valence-electron chi connectivity index (χ2n) is 7.67. The zero-order valence-corrected chi connectivity index (χ0v) is 17.3. The Morgan fingerprint density at radius 3 is 2.58 bits per heavy atom. The Balaban J connectivity index is 1.85. The number of hydrogen-bond acceptors (Lipinski definition) is 4. The van der Waals surface area contributed by atoms with Gasteiger partial charge in [-0.05, 0) is 44.9 Å². The highest BCUT2D eigenvalue weighted by molar-refractivity contribution is 6.10. The van der Waals surface area contributed by atoms with Crippen LogP contribution in [0.2, 0.25) is 0 Å². The van der Waals surface area contributed by atoms with Gasteiger partial charge >= 0.3 is 0 Å². The van der Waals surface area contributed by atoms with Gasteiger partial charge in [-0.25, -0.2) is 0 Å². The lowest BCUT2D eigenvalue weighted by molar-refractivity contribution is 0.163. The molecule has 2 rings (SSSR count). The summed E-state index contributed by atoms with van der Waals surface area (Å²) < 4.78 is 0. The molecule has 0 spiro atoms. The summed E-state index contributed by atoms with van der Waals surface area (Å²) in [6.45, 7) is 15.4. The number of rotatable bonds is 7. The van der Waals surface area contributed by atoms with E-state index in [0.29, 0.717) is 5.92 Å². The molecule has 0 amide bonds. The first kappa shape index (κ1) is 20.7. The molecule has 2 aliphatic heterocycles. The summed E-state index contributed by atoms with van der Waals surface area (Å²) in [5.41, 5.74) is 8.32. The highest BCUT2D eigenvalue weighted by Crippen LogP contribution is 2.12. The summed E-state index contributed by atoms with van der Waals surface area (Å²) in [4.78, 5) is 4.98. The minimum atomic E-state index is 0.398. The van der Waals surface area contributed by atoms with E-state index in [9.17, 15) is 0 Å². The number of allylic oxidation sites excluding steroid dienone is 6. The van der Waals surface area contributed by atoms with Gasteiger partial charge in [0, 0.05) is 32.7 Å². The molecule has 1 fully saturated rings. The Morgan fingerprint density at radius 1 is 1.19 bits per heavy atom. The SMILES string of the molecule is CC/C(=C\C=C/C(C)/C=C/C1=NNCC1=C(C)C)CN1CCN(C)CC1. The van der Waals surface area contributed by atoms with Gasteiger partial charge in [0.05, 0.1) is 12.3 Å². The Hall–Kier alpha value is -1.65. The van der Waals surface area contributed by atoms with Crippen LogP contribution in [0.5, 0.6) is 0 Å². The first-order valence-corrected chi connectivity index (χ1v) is 9.92. The van der Waals surface area contributed by atoms with Crippen LogP contribution < -0.4 is 5.43 Å². The fourth-order valence-corrected chi connectivity index (χ4v) is 3.18. The van der Waals surface area contributed by atoms with Crippen LogP contribution in [0.3, 0.4) is 0 Å². The molecule has 0 aromatic rings. The maximum Gasteiger partial charge on any atom is 0.0876 e. The van der Waals surface area contributed by atoms with Gasteiger partial charge in [-0.15, -0.1) is 0 Å². The predicted octanol–water partition coefficient (Wildman–Crippen LogP) is 3.61. The van der Waals surface area contributed by atoms with E-state index in [1.165, 1.54) is 42.9 Å². The maximum absolute atomic E-state index is 4.38. The average molecular weight is 357 g/mol. The fourth-order valence-electron chi connectivity index (χ4n) is 3.18. The molecule has 1 N–H and O–H groups in total. The fraction of sp³-hybridized carbons (Fsp3) is 0.591. The van der Waals surface area contributed by atoms with Gasteiger partial charge < -0.3 is 10.3 Å². The molecule has 144 valence electrons. The number of likely N-dealkylation sites (N-methyl/N-ethyl adjacent to an activating group) is 1. The summed E-state index contributed by atoms with van der Waals surface area (Å²) in [6.07, 6.45) is 12.3. The van der Waals surface area contributed by atoms with E-state index in [0.717, 1.165) is 25.2 Å². The molecule has 0 aromatic carbocycles. The zero-order valence-electron chi connectivity index (χ0n) is 17.3. The van der Waals surface area contributed by atoms with Crippen molar-refractivity contribution in [3.8, 4) is 0 Å². The van der Waals surface area contributed by atoms with Crippen LogP contribution in [-0.4, -0.2) is 61.8 Å². The van der Waals surface area contributed by atoms with Gasteiger partial charge in [0.1, 0.15) is 0 Å². The highest BCUT2D eigenvalue weighted by atomic mass is 15.3. The second kappa shape index (κ2) is 10.5. The van der Waals surface area contributed by atoms with E-state index in [2.05, 4.69) is 85.4 Å². The molecule has 2 aliphatic rings. The third kappa shape index (κ3) is 6.58. The molecule has 4 nitrogen and oxygen atoms in total. The predicted molar refractivity (Wildman–Crippen MR) is 114 cm³/mol. The first-order chi connectivity index (χ1) is 12.5. The van der Waals surface area contributed by atoms with Crippen molar-refractivity contribution in [2.24, 2.45) is 11.0 Å². The zero-order chi connectivity index (χ0) is 18.9. The molecule has 0 aliphatic carbocycles. The Labute approximate surface area is 160 Å². The van der Waals surface area contributed by atoms with Crippen molar-refractivity contribution in [3.63, 3.8) is 0 Å². The van der Waals surface area contributed by atoms with Crippen LogP contribution in [0.4, 0.5) is 0 Å². The summed E-state index contributed by atoms with van der Waals surface area (Å²) in [6, 6.07) is 0. The quantitative estimate of drug-likeness (QED) is 0.707. The van der Waals surface area contributed by atoms with Gasteiger partial charge in [-0.3, -0.25) is 4.90 Å². The molecule has 1 atom stereocenters. The summed E-state index contributed by atoms with van der Waals surface area (Å²) in [5, 5.41) is 4.38. The highest BCUT2D eigenvalue weighted by Gasteiger charge is 2.14. The van der Waals surface area contributed by atoms with Gasteiger partial charge in [-0.1, -0.05) is 49.3 Å². The van der Waals surface area contributed by atoms with Crippen molar-refractivity contribution < 1.29 is 0 Å². The molecular weight excluding hydrogens is 320 g/mol. The molecule has 26 heavy (non-hydrogen) atoms. The topological polar surface area (TPSA) is 30.9 Å². The van der Waals surface area contributed by atoms with E-state index >= 15 is 0 Å². The van der Waals surface area contributed by atoms with Crippen molar-refractivity contribution in [3.05, 3.63) is 47.1 Å². The molecule has 1 saturated heterocycles. The molecule has 4 heteroatoms. The van der Waals surface area contributed by atoms with Gasteiger partial charge in [-0.2, -0.15) is 5.10 Å². The third-order valence-electron chi connectivity index (χ3n) is 5.15. The molecule has 0 aromatic heterocycles. The van der Waals surface area contributed by atoms with Crippen LogP contribution >= 0.6 is 0 Å². The number of hydrazone groups is 1. The van der Waals surface area contributed by atoms with Crippen LogP contribution in [0, 0.1) is 5.92 Å². The largest absolute Gasteiger partial charge is 0.305 e. The number of piperazine rings is 1. The summed E-state index contributed by atoms with van der Waals surface area (Å²) in [7, 11) is 2.21. The Morgan fingerprint density at radius 2 is 1.92 bits per heavy atom. The molecule has 2 heterocycles. The summed E-state index contributed by atoms with van der Waals surface area (Å²) in [5.74, 6) is 0.398. The monoisotopic (exact) mass is 356 g/mol. The van der Waals surface area contributed by atoms with Crippen LogP contribution in [0.25, 0.3) is 0 Å². The van der Waals surface area contributed by atoms with Crippen molar-refractivity contribution in [1.29, 1.82) is 0 Å². The normalized spacial score (nSPS) is 21.5.